The largest absolute Gasteiger partial charge is 0.484 e. The Morgan fingerprint density at radius 2 is 1.76 bits per heavy atom. The van der Waals surface area contributed by atoms with Gasteiger partial charge in [-0.1, -0.05) is 6.92 Å². The minimum atomic E-state index is -4.40. The summed E-state index contributed by atoms with van der Waals surface area (Å²) in [5, 5.41) is 5.63. The maximum atomic E-state index is 12.4. The number of nitrogens with zero attached hydrogens (tertiary/aromatic N) is 2. The number of hydrogen-bond acceptors (Lipinski definition) is 4. The zero-order valence-electron chi connectivity index (χ0n) is 16.6. The van der Waals surface area contributed by atoms with Gasteiger partial charge in [0.2, 0.25) is 5.91 Å². The Bertz CT molecular complexity index is 674. The summed E-state index contributed by atoms with van der Waals surface area (Å²) >= 11 is 0. The van der Waals surface area contributed by atoms with E-state index in [1.807, 2.05) is 18.7 Å². The first-order chi connectivity index (χ1) is 13.7. The van der Waals surface area contributed by atoms with Gasteiger partial charge in [-0.2, -0.15) is 13.2 Å². The van der Waals surface area contributed by atoms with Crippen molar-refractivity contribution in [1.82, 2.24) is 15.1 Å². The molecule has 7 nitrogen and oxygen atoms in total. The first-order valence-corrected chi connectivity index (χ1v) is 9.53. The lowest BCUT2D eigenvalue weighted by Gasteiger charge is -2.34. The number of carbonyl (C=O) groups excluding carboxylic acids is 2. The van der Waals surface area contributed by atoms with Crippen LogP contribution < -0.4 is 15.4 Å². The third-order valence-corrected chi connectivity index (χ3v) is 4.55. The Balaban J connectivity index is 1.74. The van der Waals surface area contributed by atoms with Crippen molar-refractivity contribution in [3.8, 4) is 5.75 Å². The Hall–Kier alpha value is -2.49. The van der Waals surface area contributed by atoms with Gasteiger partial charge in [0.25, 0.3) is 0 Å². The predicted molar refractivity (Wildman–Crippen MR) is 103 cm³/mol. The van der Waals surface area contributed by atoms with Crippen molar-refractivity contribution in [3.05, 3.63) is 24.3 Å². The van der Waals surface area contributed by atoms with Gasteiger partial charge in [0, 0.05) is 37.9 Å². The van der Waals surface area contributed by atoms with Crippen LogP contribution in [-0.4, -0.2) is 73.3 Å². The third kappa shape index (κ3) is 8.18. The molecule has 1 saturated heterocycles. The van der Waals surface area contributed by atoms with E-state index >= 15 is 0 Å². The molecule has 0 aliphatic carbocycles. The molecule has 1 heterocycles. The fraction of sp³-hybridized carbons (Fsp3) is 0.579. The minimum absolute atomic E-state index is 0.0231. The van der Waals surface area contributed by atoms with Crippen LogP contribution in [0.4, 0.5) is 23.7 Å². The molecule has 10 heteroatoms. The van der Waals surface area contributed by atoms with Crippen molar-refractivity contribution >= 4 is 17.6 Å². The Kier molecular flexibility index (Phi) is 8.12. The second kappa shape index (κ2) is 10.3. The summed E-state index contributed by atoms with van der Waals surface area (Å²) in [6.07, 6.45) is -3.53. The van der Waals surface area contributed by atoms with Crippen LogP contribution in [0.1, 0.15) is 20.3 Å². The first-order valence-electron chi connectivity index (χ1n) is 9.53. The van der Waals surface area contributed by atoms with Crippen LogP contribution in [0, 0.1) is 0 Å². The summed E-state index contributed by atoms with van der Waals surface area (Å²) in [5.74, 6) is 0.0506. The number of rotatable bonds is 7. The molecule has 0 spiro atoms. The summed E-state index contributed by atoms with van der Waals surface area (Å²) in [6, 6.07) is 5.56. The molecule has 1 aliphatic rings. The van der Waals surface area contributed by atoms with Crippen LogP contribution >= 0.6 is 0 Å². The predicted octanol–water partition coefficient (Wildman–Crippen LogP) is 2.69. The molecule has 0 saturated carbocycles. The molecule has 2 N–H and O–H groups in total. The van der Waals surface area contributed by atoms with Crippen LogP contribution in [0.2, 0.25) is 0 Å². The van der Waals surface area contributed by atoms with E-state index in [2.05, 4.69) is 15.4 Å². The fourth-order valence-corrected chi connectivity index (χ4v) is 2.74. The zero-order valence-corrected chi connectivity index (χ0v) is 16.6. The highest BCUT2D eigenvalue weighted by Crippen LogP contribution is 2.20. The second-order valence-electron chi connectivity index (χ2n) is 7.00. The number of amides is 3. The van der Waals surface area contributed by atoms with E-state index in [1.165, 1.54) is 24.3 Å². The Labute approximate surface area is 168 Å². The Morgan fingerprint density at radius 3 is 2.31 bits per heavy atom. The molecule has 0 aromatic heterocycles. The van der Waals surface area contributed by atoms with Gasteiger partial charge < -0.3 is 20.3 Å². The van der Waals surface area contributed by atoms with Gasteiger partial charge in [-0.15, -0.1) is 0 Å². The molecule has 1 atom stereocenters. The van der Waals surface area contributed by atoms with Crippen LogP contribution in [0.5, 0.6) is 5.75 Å². The lowest BCUT2D eigenvalue weighted by atomic mass is 10.2. The average molecular weight is 416 g/mol. The number of ether oxygens (including phenoxy) is 1. The van der Waals surface area contributed by atoms with Crippen molar-refractivity contribution in [2.45, 2.75) is 32.5 Å². The van der Waals surface area contributed by atoms with Crippen molar-refractivity contribution < 1.29 is 27.5 Å². The van der Waals surface area contributed by atoms with Gasteiger partial charge in [0.15, 0.2) is 6.61 Å². The number of nitrogens with one attached hydrogen (secondary N) is 2. The lowest BCUT2D eigenvalue weighted by molar-refractivity contribution is -0.153. The van der Waals surface area contributed by atoms with Gasteiger partial charge in [-0.3, -0.25) is 9.69 Å². The summed E-state index contributed by atoms with van der Waals surface area (Å²) in [7, 11) is 0. The SMILES string of the molecule is CC[C@@H](C)NC(=O)CN1CCN(C(=O)Nc2ccc(OCC(F)(F)F)cc2)CC1. The van der Waals surface area contributed by atoms with Gasteiger partial charge in [-0.05, 0) is 37.6 Å². The van der Waals surface area contributed by atoms with Crippen molar-refractivity contribution in [1.29, 1.82) is 0 Å². The van der Waals surface area contributed by atoms with Crippen LogP contribution in [0.25, 0.3) is 0 Å². The molecule has 1 fully saturated rings. The van der Waals surface area contributed by atoms with Gasteiger partial charge in [0.1, 0.15) is 5.75 Å². The number of benzene rings is 1. The summed E-state index contributed by atoms with van der Waals surface area (Å²) in [6.45, 7) is 5.04. The second-order valence-corrected chi connectivity index (χ2v) is 7.00. The number of alkyl halides is 3. The average Bonchev–Trinajstić information content (AvgIpc) is 2.67. The number of carbonyl (C=O) groups is 2. The van der Waals surface area contributed by atoms with E-state index < -0.39 is 12.8 Å². The van der Waals surface area contributed by atoms with Crippen LogP contribution in [-0.2, 0) is 4.79 Å². The smallest absolute Gasteiger partial charge is 0.422 e. The molecule has 0 bridgehead atoms. The fourth-order valence-electron chi connectivity index (χ4n) is 2.74. The highest BCUT2D eigenvalue weighted by molar-refractivity contribution is 5.89. The van der Waals surface area contributed by atoms with Crippen molar-refractivity contribution in [2.75, 3.05) is 44.6 Å². The van der Waals surface area contributed by atoms with E-state index in [1.54, 1.807) is 4.90 Å². The molecule has 29 heavy (non-hydrogen) atoms. The lowest BCUT2D eigenvalue weighted by Crippen LogP contribution is -2.52. The third-order valence-electron chi connectivity index (χ3n) is 4.55. The number of anilines is 1. The van der Waals surface area contributed by atoms with E-state index in [9.17, 15) is 22.8 Å². The first kappa shape index (κ1) is 22.8. The Morgan fingerprint density at radius 1 is 1.14 bits per heavy atom. The molecule has 1 aliphatic heterocycles. The summed E-state index contributed by atoms with van der Waals surface area (Å²) < 4.78 is 41.1. The molecule has 2 rings (SSSR count). The molecule has 1 aromatic rings. The maximum Gasteiger partial charge on any atom is 0.422 e. The highest BCUT2D eigenvalue weighted by atomic mass is 19.4. The standard InChI is InChI=1S/C19H27F3N4O3/c1-3-14(2)23-17(27)12-25-8-10-26(11-9-25)18(28)24-15-4-6-16(7-5-15)29-13-19(20,21)22/h4-7,14H,3,8-13H2,1-2H3,(H,23,27)(H,24,28)/t14-/m1/s1. The van der Waals surface area contributed by atoms with E-state index in [4.69, 9.17) is 0 Å². The number of urea groups is 1. The molecule has 162 valence electrons. The zero-order chi connectivity index (χ0) is 21.4. The van der Waals surface area contributed by atoms with Crippen molar-refractivity contribution in [3.63, 3.8) is 0 Å². The monoisotopic (exact) mass is 416 g/mol. The van der Waals surface area contributed by atoms with Gasteiger partial charge >= 0.3 is 12.2 Å². The van der Waals surface area contributed by atoms with E-state index in [0.29, 0.717) is 38.4 Å². The van der Waals surface area contributed by atoms with Gasteiger partial charge in [-0.25, -0.2) is 4.79 Å². The minimum Gasteiger partial charge on any atom is -0.484 e. The molecule has 3 amide bonds. The van der Waals surface area contributed by atoms with Crippen LogP contribution in [0.3, 0.4) is 0 Å². The summed E-state index contributed by atoms with van der Waals surface area (Å²) in [4.78, 5) is 27.9. The summed E-state index contributed by atoms with van der Waals surface area (Å²) in [5.41, 5.74) is 0.463. The number of hydrogen-bond donors (Lipinski definition) is 2. The quantitative estimate of drug-likeness (QED) is 0.717. The number of halogens is 3. The van der Waals surface area contributed by atoms with Crippen LogP contribution in [0.15, 0.2) is 24.3 Å². The highest BCUT2D eigenvalue weighted by Gasteiger charge is 2.28. The molecule has 1 aromatic carbocycles. The maximum absolute atomic E-state index is 12.4. The van der Waals surface area contributed by atoms with Crippen molar-refractivity contribution in [2.24, 2.45) is 0 Å². The molecular weight excluding hydrogens is 389 g/mol. The van der Waals surface area contributed by atoms with Gasteiger partial charge in [0.05, 0.1) is 6.54 Å². The number of piperazine rings is 1. The molecular formula is C19H27F3N4O3. The van der Waals surface area contributed by atoms with E-state index in [0.717, 1.165) is 6.42 Å². The normalized spacial score (nSPS) is 16.2. The molecule has 0 radical (unpaired) electrons. The topological polar surface area (TPSA) is 73.9 Å². The molecule has 0 unspecified atom stereocenters. The van der Waals surface area contributed by atoms with E-state index in [-0.39, 0.29) is 23.7 Å².